The Hall–Kier alpha value is -3.15. The zero-order valence-corrected chi connectivity index (χ0v) is 13.7. The Balaban J connectivity index is 1.62. The summed E-state index contributed by atoms with van der Waals surface area (Å²) in [7, 11) is 0. The fourth-order valence-electron chi connectivity index (χ4n) is 3.36. The van der Waals surface area contributed by atoms with Gasteiger partial charge in [-0.1, -0.05) is 18.2 Å². The summed E-state index contributed by atoms with van der Waals surface area (Å²) in [4.78, 5) is 24.3. The van der Waals surface area contributed by atoms with Gasteiger partial charge in [0.25, 0.3) is 0 Å². The van der Waals surface area contributed by atoms with E-state index in [-0.39, 0.29) is 5.56 Å². The number of piperazine rings is 1. The molecule has 1 saturated heterocycles. The molecule has 1 aliphatic rings. The van der Waals surface area contributed by atoms with E-state index in [1.54, 1.807) is 12.3 Å². The third-order valence-corrected chi connectivity index (χ3v) is 4.62. The lowest BCUT2D eigenvalue weighted by molar-refractivity contribution is 0.0699. The molecule has 0 saturated carbocycles. The van der Waals surface area contributed by atoms with Crippen molar-refractivity contribution in [1.82, 2.24) is 9.97 Å². The molecular formula is C19H18N4O2. The first-order valence-electron chi connectivity index (χ1n) is 8.25. The second kappa shape index (κ2) is 6.39. The molecule has 0 spiro atoms. The zero-order chi connectivity index (χ0) is 17.2. The minimum absolute atomic E-state index is 0.212. The summed E-state index contributed by atoms with van der Waals surface area (Å²) in [5.74, 6) is -0.968. The van der Waals surface area contributed by atoms with E-state index in [1.165, 1.54) is 12.0 Å². The van der Waals surface area contributed by atoms with Crippen LogP contribution in [-0.4, -0.2) is 47.2 Å². The van der Waals surface area contributed by atoms with Gasteiger partial charge in [0.15, 0.2) is 0 Å². The number of carboxylic acids is 1. The molecule has 4 rings (SSSR count). The standard InChI is InChI=1S/C19H18N4O2/c24-19(25)15-6-7-17(16-12-20-13-21-18(15)16)23-10-8-22(9-11-23)14-4-2-1-3-5-14/h1-7,12-13H,8-11H2,(H,24,25). The van der Waals surface area contributed by atoms with E-state index in [2.05, 4.69) is 44.0 Å². The lowest BCUT2D eigenvalue weighted by Crippen LogP contribution is -2.46. The highest BCUT2D eigenvalue weighted by molar-refractivity contribution is 6.05. The van der Waals surface area contributed by atoms with Crippen molar-refractivity contribution in [3.8, 4) is 0 Å². The minimum Gasteiger partial charge on any atom is -0.478 e. The van der Waals surface area contributed by atoms with E-state index >= 15 is 0 Å². The molecule has 6 nitrogen and oxygen atoms in total. The van der Waals surface area contributed by atoms with Crippen molar-refractivity contribution in [3.63, 3.8) is 0 Å². The molecule has 0 bridgehead atoms. The summed E-state index contributed by atoms with van der Waals surface area (Å²) in [5.41, 5.74) is 2.93. The van der Waals surface area contributed by atoms with Gasteiger partial charge in [0, 0.05) is 49.1 Å². The van der Waals surface area contributed by atoms with Gasteiger partial charge >= 0.3 is 5.97 Å². The fraction of sp³-hybridized carbons (Fsp3) is 0.211. The molecule has 0 radical (unpaired) electrons. The van der Waals surface area contributed by atoms with Gasteiger partial charge in [0.1, 0.15) is 6.33 Å². The highest BCUT2D eigenvalue weighted by Crippen LogP contribution is 2.29. The molecule has 25 heavy (non-hydrogen) atoms. The maximum atomic E-state index is 11.4. The molecule has 1 aliphatic heterocycles. The molecule has 2 heterocycles. The Morgan fingerprint density at radius 1 is 0.960 bits per heavy atom. The van der Waals surface area contributed by atoms with Gasteiger partial charge in [-0.05, 0) is 24.3 Å². The van der Waals surface area contributed by atoms with Crippen LogP contribution in [0.25, 0.3) is 10.9 Å². The minimum atomic E-state index is -0.968. The number of anilines is 2. The molecule has 0 unspecified atom stereocenters. The largest absolute Gasteiger partial charge is 0.478 e. The molecule has 0 aliphatic carbocycles. The SMILES string of the molecule is O=C(O)c1ccc(N2CCN(c3ccccc3)CC2)c2cncnc12. The highest BCUT2D eigenvalue weighted by Gasteiger charge is 2.21. The topological polar surface area (TPSA) is 69.6 Å². The van der Waals surface area contributed by atoms with E-state index in [0.29, 0.717) is 5.52 Å². The molecule has 6 heteroatoms. The monoisotopic (exact) mass is 334 g/mol. The Morgan fingerprint density at radius 3 is 2.40 bits per heavy atom. The van der Waals surface area contributed by atoms with Crippen molar-refractivity contribution in [2.75, 3.05) is 36.0 Å². The summed E-state index contributed by atoms with van der Waals surface area (Å²) >= 11 is 0. The zero-order valence-electron chi connectivity index (χ0n) is 13.7. The van der Waals surface area contributed by atoms with Gasteiger partial charge in [-0.15, -0.1) is 0 Å². The lowest BCUT2D eigenvalue weighted by atomic mass is 10.1. The third kappa shape index (κ3) is 2.87. The molecule has 0 atom stereocenters. The Morgan fingerprint density at radius 2 is 1.68 bits per heavy atom. The van der Waals surface area contributed by atoms with Gasteiger partial charge in [-0.2, -0.15) is 0 Å². The van der Waals surface area contributed by atoms with Gasteiger partial charge in [-0.3, -0.25) is 0 Å². The summed E-state index contributed by atoms with van der Waals surface area (Å²) in [6, 6.07) is 13.9. The van der Waals surface area contributed by atoms with Crippen LogP contribution < -0.4 is 9.80 Å². The van der Waals surface area contributed by atoms with Crippen LogP contribution in [0.1, 0.15) is 10.4 Å². The number of aromatic carboxylic acids is 1. The van der Waals surface area contributed by atoms with Crippen molar-refractivity contribution in [2.45, 2.75) is 0 Å². The third-order valence-electron chi connectivity index (χ3n) is 4.62. The van der Waals surface area contributed by atoms with Crippen LogP contribution in [0.4, 0.5) is 11.4 Å². The number of rotatable bonds is 3. The van der Waals surface area contributed by atoms with Crippen LogP contribution in [0.5, 0.6) is 0 Å². The lowest BCUT2D eigenvalue weighted by Gasteiger charge is -2.37. The number of hydrogen-bond donors (Lipinski definition) is 1. The van der Waals surface area contributed by atoms with Gasteiger partial charge in [-0.25, -0.2) is 14.8 Å². The van der Waals surface area contributed by atoms with Crippen molar-refractivity contribution in [3.05, 3.63) is 60.6 Å². The molecular weight excluding hydrogens is 316 g/mol. The van der Waals surface area contributed by atoms with Crippen molar-refractivity contribution < 1.29 is 9.90 Å². The maximum absolute atomic E-state index is 11.4. The molecule has 2 aromatic carbocycles. The van der Waals surface area contributed by atoms with E-state index in [0.717, 1.165) is 37.3 Å². The van der Waals surface area contributed by atoms with E-state index in [4.69, 9.17) is 0 Å². The summed E-state index contributed by atoms with van der Waals surface area (Å²) in [6.45, 7) is 3.57. The average Bonchev–Trinajstić information content (AvgIpc) is 2.68. The second-order valence-electron chi connectivity index (χ2n) is 6.03. The van der Waals surface area contributed by atoms with Crippen LogP contribution in [0, 0.1) is 0 Å². The molecule has 1 N–H and O–H groups in total. The predicted molar refractivity (Wildman–Crippen MR) is 97.4 cm³/mol. The number of carboxylic acid groups (broad SMARTS) is 1. The predicted octanol–water partition coefficient (Wildman–Crippen LogP) is 2.65. The first kappa shape index (κ1) is 15.4. The second-order valence-corrected chi connectivity index (χ2v) is 6.03. The Kier molecular flexibility index (Phi) is 3.93. The van der Waals surface area contributed by atoms with Crippen molar-refractivity contribution >= 4 is 28.2 Å². The number of nitrogens with zero attached hydrogens (tertiary/aromatic N) is 4. The van der Waals surface area contributed by atoms with Crippen molar-refractivity contribution in [1.29, 1.82) is 0 Å². The number of carbonyl (C=O) groups is 1. The van der Waals surface area contributed by atoms with Crippen LogP contribution >= 0.6 is 0 Å². The van der Waals surface area contributed by atoms with E-state index in [1.807, 2.05) is 12.1 Å². The fourth-order valence-corrected chi connectivity index (χ4v) is 3.36. The molecule has 1 fully saturated rings. The number of fused-ring (bicyclic) bond motifs is 1. The quantitative estimate of drug-likeness (QED) is 0.794. The summed E-state index contributed by atoms with van der Waals surface area (Å²) in [5, 5.41) is 10.2. The Labute approximate surface area is 145 Å². The number of aromatic nitrogens is 2. The Bertz CT molecular complexity index is 906. The first-order valence-corrected chi connectivity index (χ1v) is 8.25. The number of para-hydroxylation sites is 1. The highest BCUT2D eigenvalue weighted by atomic mass is 16.4. The van der Waals surface area contributed by atoms with Crippen LogP contribution in [-0.2, 0) is 0 Å². The smallest absolute Gasteiger partial charge is 0.337 e. The summed E-state index contributed by atoms with van der Waals surface area (Å²) in [6.07, 6.45) is 3.10. The van der Waals surface area contributed by atoms with Gasteiger partial charge in [0.2, 0.25) is 0 Å². The first-order chi connectivity index (χ1) is 12.2. The summed E-state index contributed by atoms with van der Waals surface area (Å²) < 4.78 is 0. The number of benzene rings is 2. The van der Waals surface area contributed by atoms with Gasteiger partial charge in [0.05, 0.1) is 11.1 Å². The van der Waals surface area contributed by atoms with Gasteiger partial charge < -0.3 is 14.9 Å². The molecule has 126 valence electrons. The van der Waals surface area contributed by atoms with E-state index < -0.39 is 5.97 Å². The normalized spacial score (nSPS) is 14.7. The van der Waals surface area contributed by atoms with Crippen LogP contribution in [0.15, 0.2) is 55.0 Å². The average molecular weight is 334 g/mol. The molecule has 0 amide bonds. The molecule has 3 aromatic rings. The van der Waals surface area contributed by atoms with E-state index in [9.17, 15) is 9.90 Å². The van der Waals surface area contributed by atoms with Crippen LogP contribution in [0.2, 0.25) is 0 Å². The number of hydrogen-bond acceptors (Lipinski definition) is 5. The maximum Gasteiger partial charge on any atom is 0.337 e. The van der Waals surface area contributed by atoms with Crippen LogP contribution in [0.3, 0.4) is 0 Å². The van der Waals surface area contributed by atoms with Crippen molar-refractivity contribution in [2.24, 2.45) is 0 Å². The molecule has 1 aromatic heterocycles.